The van der Waals surface area contributed by atoms with Crippen molar-refractivity contribution in [2.75, 3.05) is 6.54 Å². The van der Waals surface area contributed by atoms with Crippen LogP contribution in [-0.4, -0.2) is 31.2 Å². The van der Waals surface area contributed by atoms with E-state index in [9.17, 15) is 13.2 Å². The molecule has 0 fully saturated rings. The van der Waals surface area contributed by atoms with Gasteiger partial charge in [0.15, 0.2) is 0 Å². The maximum Gasteiger partial charge on any atom is 0.243 e. The molecule has 1 N–H and O–H groups in total. The van der Waals surface area contributed by atoms with Crippen LogP contribution in [0.5, 0.6) is 0 Å². The van der Waals surface area contributed by atoms with Crippen molar-refractivity contribution in [3.8, 4) is 0 Å². The highest BCUT2D eigenvalue weighted by Gasteiger charge is 2.27. The number of nitrogens with zero attached hydrogens (tertiary/aromatic N) is 1. The quantitative estimate of drug-likeness (QED) is 0.500. The summed E-state index contributed by atoms with van der Waals surface area (Å²) in [6, 6.07) is 26.0. The van der Waals surface area contributed by atoms with Crippen molar-refractivity contribution in [3.63, 3.8) is 0 Å². The predicted octanol–water partition coefficient (Wildman–Crippen LogP) is 4.32. The fourth-order valence-corrected chi connectivity index (χ4v) is 4.84. The van der Waals surface area contributed by atoms with E-state index in [1.54, 1.807) is 24.3 Å². The molecule has 0 spiro atoms. The third-order valence-corrected chi connectivity index (χ3v) is 7.10. The predicted molar refractivity (Wildman–Crippen MR) is 128 cm³/mol. The second-order valence-electron chi connectivity index (χ2n) is 8.06. The Morgan fingerprint density at radius 3 is 2.03 bits per heavy atom. The fourth-order valence-electron chi connectivity index (χ4n) is 3.45. The number of carbonyl (C=O) groups excluding carboxylic acids is 1. The molecule has 0 aliphatic carbocycles. The van der Waals surface area contributed by atoms with Crippen LogP contribution in [0.3, 0.4) is 0 Å². The minimum Gasteiger partial charge on any atom is -0.352 e. The van der Waals surface area contributed by atoms with E-state index >= 15 is 0 Å². The first-order valence-electron chi connectivity index (χ1n) is 10.8. The van der Waals surface area contributed by atoms with E-state index in [1.807, 2.05) is 62.4 Å². The lowest BCUT2D eigenvalue weighted by Gasteiger charge is -2.23. The summed E-state index contributed by atoms with van der Waals surface area (Å²) in [6.45, 7) is 3.74. The van der Waals surface area contributed by atoms with Crippen molar-refractivity contribution in [1.29, 1.82) is 0 Å². The molecule has 0 heterocycles. The van der Waals surface area contributed by atoms with Crippen molar-refractivity contribution < 1.29 is 13.2 Å². The van der Waals surface area contributed by atoms with Crippen LogP contribution in [0.1, 0.15) is 30.0 Å². The lowest BCUT2D eigenvalue weighted by Crippen LogP contribution is -2.43. The van der Waals surface area contributed by atoms with Gasteiger partial charge < -0.3 is 5.32 Å². The van der Waals surface area contributed by atoms with E-state index < -0.39 is 10.0 Å². The molecule has 5 nitrogen and oxygen atoms in total. The zero-order valence-corrected chi connectivity index (χ0v) is 19.4. The highest BCUT2D eigenvalue weighted by Crippen LogP contribution is 2.19. The lowest BCUT2D eigenvalue weighted by molar-refractivity contribution is -0.122. The van der Waals surface area contributed by atoms with Gasteiger partial charge in [-0.25, -0.2) is 8.42 Å². The third kappa shape index (κ3) is 6.77. The zero-order chi connectivity index (χ0) is 23.0. The summed E-state index contributed by atoms with van der Waals surface area (Å²) < 4.78 is 27.9. The largest absolute Gasteiger partial charge is 0.352 e. The molecule has 0 saturated carbocycles. The third-order valence-electron chi connectivity index (χ3n) is 5.30. The Labute approximate surface area is 191 Å². The number of benzene rings is 3. The lowest BCUT2D eigenvalue weighted by atomic mass is 10.1. The number of aryl methyl sites for hydroxylation is 2. The minimum absolute atomic E-state index is 0.0663. The molecule has 1 atom stereocenters. The summed E-state index contributed by atoms with van der Waals surface area (Å²) in [5, 5.41) is 2.95. The Balaban J connectivity index is 1.70. The van der Waals surface area contributed by atoms with Gasteiger partial charge in [0.05, 0.1) is 11.4 Å². The molecule has 0 aliphatic heterocycles. The molecule has 3 rings (SSSR count). The number of carbonyl (C=O) groups is 1. The van der Waals surface area contributed by atoms with Gasteiger partial charge in [-0.05, 0) is 49.9 Å². The van der Waals surface area contributed by atoms with Crippen molar-refractivity contribution in [1.82, 2.24) is 9.62 Å². The Morgan fingerprint density at radius 1 is 0.875 bits per heavy atom. The van der Waals surface area contributed by atoms with Crippen LogP contribution in [0.4, 0.5) is 0 Å². The molecule has 0 saturated heterocycles. The molecule has 32 heavy (non-hydrogen) atoms. The van der Waals surface area contributed by atoms with E-state index in [4.69, 9.17) is 0 Å². The number of hydrogen-bond acceptors (Lipinski definition) is 3. The number of hydrogen-bond donors (Lipinski definition) is 1. The molecule has 0 radical (unpaired) electrons. The van der Waals surface area contributed by atoms with Crippen LogP contribution in [-0.2, 0) is 27.8 Å². The first-order valence-corrected chi connectivity index (χ1v) is 12.2. The minimum atomic E-state index is -3.83. The van der Waals surface area contributed by atoms with Gasteiger partial charge in [-0.1, -0.05) is 78.4 Å². The van der Waals surface area contributed by atoms with Gasteiger partial charge in [-0.2, -0.15) is 4.31 Å². The first-order chi connectivity index (χ1) is 15.3. The number of sulfonamides is 1. The molecule has 0 aromatic heterocycles. The molecule has 6 heteroatoms. The zero-order valence-electron chi connectivity index (χ0n) is 18.6. The highest BCUT2D eigenvalue weighted by atomic mass is 32.2. The summed E-state index contributed by atoms with van der Waals surface area (Å²) in [4.78, 5) is 13.0. The summed E-state index contributed by atoms with van der Waals surface area (Å²) in [7, 11) is -3.83. The maximum absolute atomic E-state index is 13.3. The van der Waals surface area contributed by atoms with Gasteiger partial charge in [0, 0.05) is 12.6 Å². The Bertz CT molecular complexity index is 1100. The Hall–Kier alpha value is -2.96. The number of rotatable bonds is 10. The van der Waals surface area contributed by atoms with Crippen LogP contribution in [0.25, 0.3) is 0 Å². The molecule has 0 bridgehead atoms. The van der Waals surface area contributed by atoms with Gasteiger partial charge in [0.25, 0.3) is 0 Å². The van der Waals surface area contributed by atoms with E-state index in [2.05, 4.69) is 17.4 Å². The topological polar surface area (TPSA) is 66.5 Å². The van der Waals surface area contributed by atoms with Gasteiger partial charge in [0.2, 0.25) is 15.9 Å². The summed E-state index contributed by atoms with van der Waals surface area (Å²) in [5.41, 5.74) is 3.01. The number of nitrogens with one attached hydrogen (secondary N) is 1. The van der Waals surface area contributed by atoms with Gasteiger partial charge in [-0.15, -0.1) is 0 Å². The van der Waals surface area contributed by atoms with Gasteiger partial charge in [-0.3, -0.25) is 4.79 Å². The monoisotopic (exact) mass is 450 g/mol. The molecular formula is C26H30N2O3S. The Morgan fingerprint density at radius 2 is 1.44 bits per heavy atom. The second-order valence-corrected chi connectivity index (χ2v) is 10.0. The normalized spacial score (nSPS) is 12.5. The van der Waals surface area contributed by atoms with Crippen LogP contribution in [0.2, 0.25) is 0 Å². The molecule has 1 amide bonds. The van der Waals surface area contributed by atoms with Crippen molar-refractivity contribution in [2.45, 2.75) is 44.2 Å². The standard InChI is InChI=1S/C26H30N2O3S/c1-21-13-17-25(18-14-21)32(30,31)28(19-24-11-7-4-8-12-24)20-26(29)27-22(2)15-16-23-9-5-3-6-10-23/h3-14,17-18,22H,15-16,19-20H2,1-2H3,(H,27,29)/t22-/m1/s1. The Kier molecular flexibility index (Phi) is 8.20. The van der Waals surface area contributed by atoms with Crippen LogP contribution in [0, 0.1) is 6.92 Å². The molecule has 3 aromatic rings. The molecular weight excluding hydrogens is 420 g/mol. The molecule has 168 valence electrons. The average Bonchev–Trinajstić information content (AvgIpc) is 2.79. The SMILES string of the molecule is Cc1ccc(S(=O)(=O)N(CC(=O)N[C@H](C)CCc2ccccc2)Cc2ccccc2)cc1. The van der Waals surface area contributed by atoms with E-state index in [1.165, 1.54) is 9.87 Å². The first kappa shape index (κ1) is 23.7. The second kappa shape index (κ2) is 11.1. The van der Waals surface area contributed by atoms with Gasteiger partial charge in [0.1, 0.15) is 0 Å². The van der Waals surface area contributed by atoms with Crippen molar-refractivity contribution in [2.24, 2.45) is 0 Å². The van der Waals surface area contributed by atoms with Crippen LogP contribution in [0.15, 0.2) is 89.8 Å². The van der Waals surface area contributed by atoms with E-state index in [0.29, 0.717) is 0 Å². The summed E-state index contributed by atoms with van der Waals surface area (Å²) in [5.74, 6) is -0.308. The fraction of sp³-hybridized carbons (Fsp3) is 0.269. The summed E-state index contributed by atoms with van der Waals surface area (Å²) in [6.07, 6.45) is 1.62. The molecule has 0 unspecified atom stereocenters. The van der Waals surface area contributed by atoms with E-state index in [-0.39, 0.29) is 29.9 Å². The van der Waals surface area contributed by atoms with Crippen molar-refractivity contribution >= 4 is 15.9 Å². The van der Waals surface area contributed by atoms with E-state index in [0.717, 1.165) is 24.0 Å². The van der Waals surface area contributed by atoms with Crippen LogP contribution < -0.4 is 5.32 Å². The highest BCUT2D eigenvalue weighted by molar-refractivity contribution is 7.89. The average molecular weight is 451 g/mol. The summed E-state index contributed by atoms with van der Waals surface area (Å²) >= 11 is 0. The molecule has 3 aromatic carbocycles. The maximum atomic E-state index is 13.3. The molecule has 0 aliphatic rings. The van der Waals surface area contributed by atoms with Crippen molar-refractivity contribution in [3.05, 3.63) is 102 Å². The smallest absolute Gasteiger partial charge is 0.243 e. The van der Waals surface area contributed by atoms with Gasteiger partial charge >= 0.3 is 0 Å². The number of amides is 1. The van der Waals surface area contributed by atoms with Crippen LogP contribution >= 0.6 is 0 Å².